The number of ether oxygens (including phenoxy) is 2. The molecular weight excluding hydrogens is 441 g/mol. The SMILES string of the molecule is CCCCCC=CCC=CCCCCCCCCOCC(COP(=O)(O)OCCNC)OC. The molecule has 196 valence electrons. The van der Waals surface area contributed by atoms with Crippen LogP contribution in [0.5, 0.6) is 0 Å². The zero-order valence-corrected chi connectivity index (χ0v) is 22.2. The molecule has 0 aliphatic carbocycles. The fourth-order valence-corrected chi connectivity index (χ4v) is 3.82. The minimum atomic E-state index is -4.05. The number of phosphoric ester groups is 1. The number of nitrogens with one attached hydrogen (secondary N) is 1. The Hall–Kier alpha value is -0.530. The lowest BCUT2D eigenvalue weighted by atomic mass is 10.1. The predicted molar refractivity (Wildman–Crippen MR) is 137 cm³/mol. The van der Waals surface area contributed by atoms with Crippen LogP contribution in [-0.4, -0.2) is 58.1 Å². The van der Waals surface area contributed by atoms with Crippen molar-refractivity contribution in [3.05, 3.63) is 24.3 Å². The van der Waals surface area contributed by atoms with Crippen LogP contribution in [-0.2, 0) is 23.1 Å². The van der Waals surface area contributed by atoms with Crippen molar-refractivity contribution in [3.63, 3.8) is 0 Å². The lowest BCUT2D eigenvalue weighted by Crippen LogP contribution is -2.24. The number of phosphoric acid groups is 1. The van der Waals surface area contributed by atoms with E-state index in [9.17, 15) is 9.46 Å². The van der Waals surface area contributed by atoms with Gasteiger partial charge in [0.05, 0.1) is 19.8 Å². The van der Waals surface area contributed by atoms with Crippen LogP contribution >= 0.6 is 7.82 Å². The van der Waals surface area contributed by atoms with Crippen LogP contribution in [0.15, 0.2) is 24.3 Å². The second kappa shape index (κ2) is 24.6. The van der Waals surface area contributed by atoms with Crippen molar-refractivity contribution in [3.8, 4) is 0 Å². The maximum absolute atomic E-state index is 11.7. The first-order chi connectivity index (χ1) is 16.1. The zero-order chi connectivity index (χ0) is 24.5. The van der Waals surface area contributed by atoms with Crippen LogP contribution in [0.25, 0.3) is 0 Å². The van der Waals surface area contributed by atoms with Gasteiger partial charge in [-0.15, -0.1) is 0 Å². The van der Waals surface area contributed by atoms with Crippen molar-refractivity contribution in [1.82, 2.24) is 5.32 Å². The van der Waals surface area contributed by atoms with Crippen molar-refractivity contribution in [1.29, 1.82) is 0 Å². The highest BCUT2D eigenvalue weighted by molar-refractivity contribution is 7.47. The molecule has 2 atom stereocenters. The molecule has 0 spiro atoms. The minimum Gasteiger partial charge on any atom is -0.379 e. The molecule has 7 nitrogen and oxygen atoms in total. The Labute approximate surface area is 202 Å². The van der Waals surface area contributed by atoms with E-state index in [0.717, 1.165) is 19.3 Å². The molecule has 8 heteroatoms. The molecule has 0 aliphatic rings. The molecule has 0 heterocycles. The molecule has 0 amide bonds. The van der Waals surface area contributed by atoms with Gasteiger partial charge in [0.1, 0.15) is 6.10 Å². The Balaban J connectivity index is 3.51. The van der Waals surface area contributed by atoms with Gasteiger partial charge < -0.3 is 19.7 Å². The summed E-state index contributed by atoms with van der Waals surface area (Å²) in [5, 5.41) is 2.83. The van der Waals surface area contributed by atoms with Crippen LogP contribution in [0, 0.1) is 0 Å². The average Bonchev–Trinajstić information content (AvgIpc) is 2.80. The maximum atomic E-state index is 11.7. The smallest absolute Gasteiger partial charge is 0.379 e. The Morgan fingerprint density at radius 3 is 2.12 bits per heavy atom. The zero-order valence-electron chi connectivity index (χ0n) is 21.3. The van der Waals surface area contributed by atoms with Crippen LogP contribution in [0.4, 0.5) is 0 Å². The van der Waals surface area contributed by atoms with E-state index in [1.165, 1.54) is 64.9 Å². The molecule has 0 aromatic rings. The second-order valence-corrected chi connectivity index (χ2v) is 9.67. The summed E-state index contributed by atoms with van der Waals surface area (Å²) in [5.74, 6) is 0. The molecule has 0 aromatic carbocycles. The number of hydrogen-bond acceptors (Lipinski definition) is 6. The van der Waals surface area contributed by atoms with Crippen molar-refractivity contribution < 1.29 is 28.0 Å². The van der Waals surface area contributed by atoms with Crippen LogP contribution in [0.2, 0.25) is 0 Å². The summed E-state index contributed by atoms with van der Waals surface area (Å²) in [7, 11) is -0.784. The van der Waals surface area contributed by atoms with Gasteiger partial charge in [-0.3, -0.25) is 9.05 Å². The number of hydrogen-bond donors (Lipinski definition) is 2. The van der Waals surface area contributed by atoms with Gasteiger partial charge in [0.25, 0.3) is 0 Å². The molecular formula is C25H50NO6P. The molecule has 0 fully saturated rings. The summed E-state index contributed by atoms with van der Waals surface area (Å²) in [4.78, 5) is 9.59. The molecule has 0 saturated heterocycles. The largest absolute Gasteiger partial charge is 0.472 e. The molecule has 0 radical (unpaired) electrons. The second-order valence-electron chi connectivity index (χ2n) is 8.22. The summed E-state index contributed by atoms with van der Waals surface area (Å²) in [6, 6.07) is 0. The Morgan fingerprint density at radius 1 is 0.848 bits per heavy atom. The highest BCUT2D eigenvalue weighted by atomic mass is 31.2. The van der Waals surface area contributed by atoms with E-state index in [4.69, 9.17) is 18.5 Å². The average molecular weight is 492 g/mol. The fraction of sp³-hybridized carbons (Fsp3) is 0.840. The van der Waals surface area contributed by atoms with Crippen LogP contribution in [0.1, 0.15) is 84.0 Å². The van der Waals surface area contributed by atoms with E-state index in [-0.39, 0.29) is 13.2 Å². The number of allylic oxidation sites excluding steroid dienone is 4. The molecule has 0 aromatic heterocycles. The van der Waals surface area contributed by atoms with Gasteiger partial charge in [-0.1, -0.05) is 69.8 Å². The lowest BCUT2D eigenvalue weighted by Gasteiger charge is -2.18. The van der Waals surface area contributed by atoms with E-state index in [2.05, 4.69) is 36.5 Å². The topological polar surface area (TPSA) is 86.3 Å². The highest BCUT2D eigenvalue weighted by Crippen LogP contribution is 2.43. The van der Waals surface area contributed by atoms with Gasteiger partial charge in [-0.25, -0.2) is 4.57 Å². The summed E-state index contributed by atoms with van der Waals surface area (Å²) in [6.07, 6.45) is 23.4. The minimum absolute atomic E-state index is 0.0481. The van der Waals surface area contributed by atoms with Gasteiger partial charge in [-0.2, -0.15) is 0 Å². The molecule has 0 bridgehead atoms. The number of likely N-dealkylation sites (N-methyl/N-ethyl adjacent to an activating group) is 1. The normalized spacial score (nSPS) is 14.9. The summed E-state index contributed by atoms with van der Waals surface area (Å²) >= 11 is 0. The summed E-state index contributed by atoms with van der Waals surface area (Å²) in [5.41, 5.74) is 0. The highest BCUT2D eigenvalue weighted by Gasteiger charge is 2.23. The van der Waals surface area contributed by atoms with Crippen molar-refractivity contribution >= 4 is 7.82 Å². The van der Waals surface area contributed by atoms with Gasteiger partial charge >= 0.3 is 7.82 Å². The third-order valence-corrected chi connectivity index (χ3v) is 6.14. The van der Waals surface area contributed by atoms with Crippen molar-refractivity contribution in [2.24, 2.45) is 0 Å². The molecule has 2 N–H and O–H groups in total. The predicted octanol–water partition coefficient (Wildman–Crippen LogP) is 6.18. The van der Waals surface area contributed by atoms with Crippen molar-refractivity contribution in [2.75, 3.05) is 47.1 Å². The third-order valence-electron chi connectivity index (χ3n) is 5.16. The van der Waals surface area contributed by atoms with Gasteiger partial charge in [-0.05, 0) is 45.6 Å². The van der Waals surface area contributed by atoms with Gasteiger partial charge in [0.2, 0.25) is 0 Å². The monoisotopic (exact) mass is 491 g/mol. The Bertz CT molecular complexity index is 515. The molecule has 0 saturated carbocycles. The van der Waals surface area contributed by atoms with E-state index in [0.29, 0.717) is 19.8 Å². The molecule has 0 aliphatic heterocycles. The number of methoxy groups -OCH3 is 1. The summed E-state index contributed by atoms with van der Waals surface area (Å²) in [6.45, 7) is 3.75. The van der Waals surface area contributed by atoms with E-state index in [1.54, 1.807) is 7.05 Å². The molecule has 33 heavy (non-hydrogen) atoms. The van der Waals surface area contributed by atoms with E-state index in [1.807, 2.05) is 0 Å². The van der Waals surface area contributed by atoms with Gasteiger partial charge in [0, 0.05) is 20.3 Å². The molecule has 0 rings (SSSR count). The third kappa shape index (κ3) is 24.4. The number of rotatable bonds is 25. The van der Waals surface area contributed by atoms with E-state index < -0.39 is 13.9 Å². The van der Waals surface area contributed by atoms with E-state index >= 15 is 0 Å². The lowest BCUT2D eigenvalue weighted by molar-refractivity contribution is -0.0220. The van der Waals surface area contributed by atoms with Crippen molar-refractivity contribution in [2.45, 2.75) is 90.1 Å². The first-order valence-corrected chi connectivity index (χ1v) is 14.2. The fourth-order valence-electron chi connectivity index (χ4n) is 3.07. The first kappa shape index (κ1) is 32.5. The summed E-state index contributed by atoms with van der Waals surface area (Å²) < 4.78 is 32.4. The Morgan fingerprint density at radius 2 is 1.48 bits per heavy atom. The standard InChI is InChI=1S/C25H50NO6P/c1-4-5-6-7-8-9-10-11-12-13-14-15-16-17-18-19-21-30-23-25(29-3)24-32-33(27,28)31-22-20-26-2/h8-9,11-12,25-26H,4-7,10,13-24H2,1-3H3,(H,27,28). The quantitative estimate of drug-likeness (QED) is 0.0895. The van der Waals surface area contributed by atoms with Gasteiger partial charge in [0.15, 0.2) is 0 Å². The molecule has 2 unspecified atom stereocenters. The van der Waals surface area contributed by atoms with Crippen LogP contribution in [0.3, 0.4) is 0 Å². The first-order valence-electron chi connectivity index (χ1n) is 12.7. The maximum Gasteiger partial charge on any atom is 0.472 e. The Kier molecular flexibility index (Phi) is 24.2. The number of unbranched alkanes of at least 4 members (excludes halogenated alkanes) is 9. The van der Waals surface area contributed by atoms with Crippen LogP contribution < -0.4 is 5.32 Å².